The van der Waals surface area contributed by atoms with Gasteiger partial charge in [0.1, 0.15) is 12.2 Å². The maximum atomic E-state index is 4.30. The highest BCUT2D eigenvalue weighted by Crippen LogP contribution is 2.30. The molecule has 1 aromatic carbocycles. The summed E-state index contributed by atoms with van der Waals surface area (Å²) >= 11 is 1.84. The quantitative estimate of drug-likeness (QED) is 0.793. The molecule has 1 unspecified atom stereocenters. The molecule has 0 aliphatic heterocycles. The number of aryl methyl sites for hydroxylation is 1. The second-order valence-electron chi connectivity index (χ2n) is 4.53. The zero-order chi connectivity index (χ0) is 13.2. The Hall–Kier alpha value is -1.72. The number of hydrogen-bond donors (Lipinski definition) is 1. The van der Waals surface area contributed by atoms with Crippen LogP contribution in [0.4, 0.5) is 0 Å². The summed E-state index contributed by atoms with van der Waals surface area (Å²) in [5.41, 5.74) is 0. The molecule has 98 valence electrons. The van der Waals surface area contributed by atoms with E-state index in [9.17, 15) is 0 Å². The number of benzene rings is 1. The van der Waals surface area contributed by atoms with E-state index in [2.05, 4.69) is 45.7 Å². The Labute approximate surface area is 116 Å². The van der Waals surface area contributed by atoms with Gasteiger partial charge in [0, 0.05) is 29.1 Å². The molecule has 0 spiro atoms. The minimum absolute atomic E-state index is 0.278. The van der Waals surface area contributed by atoms with Crippen molar-refractivity contribution in [1.82, 2.24) is 20.1 Å². The fourth-order valence-electron chi connectivity index (χ4n) is 2.21. The highest BCUT2D eigenvalue weighted by molar-refractivity contribution is 7.19. The Morgan fingerprint density at radius 1 is 1.37 bits per heavy atom. The SMILES string of the molecule is CNC(Cc1ncnn1C)c1cc2ccccc2s1. The summed E-state index contributed by atoms with van der Waals surface area (Å²) in [4.78, 5) is 5.64. The van der Waals surface area contributed by atoms with Gasteiger partial charge >= 0.3 is 0 Å². The molecule has 0 saturated heterocycles. The molecule has 4 nitrogen and oxygen atoms in total. The van der Waals surface area contributed by atoms with Gasteiger partial charge in [0.05, 0.1) is 0 Å². The van der Waals surface area contributed by atoms with Crippen molar-refractivity contribution in [2.75, 3.05) is 7.05 Å². The summed E-state index contributed by atoms with van der Waals surface area (Å²) in [6, 6.07) is 11.0. The van der Waals surface area contributed by atoms with Crippen LogP contribution < -0.4 is 5.32 Å². The highest BCUT2D eigenvalue weighted by atomic mass is 32.1. The first kappa shape index (κ1) is 12.3. The van der Waals surface area contributed by atoms with Crippen LogP contribution in [-0.2, 0) is 13.5 Å². The highest BCUT2D eigenvalue weighted by Gasteiger charge is 2.15. The molecule has 0 amide bonds. The maximum absolute atomic E-state index is 4.30. The molecule has 3 aromatic rings. The largest absolute Gasteiger partial charge is 0.312 e. The molecule has 0 bridgehead atoms. The zero-order valence-corrected chi connectivity index (χ0v) is 11.8. The van der Waals surface area contributed by atoms with Gasteiger partial charge in [-0.3, -0.25) is 4.68 Å². The monoisotopic (exact) mass is 272 g/mol. The van der Waals surface area contributed by atoms with Crippen molar-refractivity contribution in [2.45, 2.75) is 12.5 Å². The van der Waals surface area contributed by atoms with Gasteiger partial charge in [0.15, 0.2) is 0 Å². The molecule has 3 rings (SSSR count). The van der Waals surface area contributed by atoms with E-state index in [-0.39, 0.29) is 6.04 Å². The van der Waals surface area contributed by atoms with E-state index in [4.69, 9.17) is 0 Å². The zero-order valence-electron chi connectivity index (χ0n) is 11.0. The third-order valence-electron chi connectivity index (χ3n) is 3.33. The Morgan fingerprint density at radius 3 is 2.89 bits per heavy atom. The molecule has 0 aliphatic carbocycles. The molecule has 19 heavy (non-hydrogen) atoms. The molecule has 1 atom stereocenters. The van der Waals surface area contributed by atoms with Crippen LogP contribution in [0.15, 0.2) is 36.7 Å². The van der Waals surface area contributed by atoms with Crippen molar-refractivity contribution in [3.63, 3.8) is 0 Å². The van der Waals surface area contributed by atoms with Gasteiger partial charge in [0.25, 0.3) is 0 Å². The molecular formula is C14H16N4S. The molecule has 5 heteroatoms. The predicted molar refractivity (Wildman–Crippen MR) is 78.3 cm³/mol. The molecule has 0 saturated carbocycles. The van der Waals surface area contributed by atoms with Gasteiger partial charge in [-0.15, -0.1) is 11.3 Å². The second-order valence-corrected chi connectivity index (χ2v) is 5.65. The lowest BCUT2D eigenvalue weighted by Crippen LogP contribution is -2.19. The molecule has 0 aliphatic rings. The van der Waals surface area contributed by atoms with E-state index in [1.54, 1.807) is 6.33 Å². The topological polar surface area (TPSA) is 42.7 Å². The molecule has 2 heterocycles. The average Bonchev–Trinajstić information content (AvgIpc) is 3.02. The van der Waals surface area contributed by atoms with Crippen LogP contribution in [0.5, 0.6) is 0 Å². The molecular weight excluding hydrogens is 256 g/mol. The van der Waals surface area contributed by atoms with Crippen molar-refractivity contribution in [1.29, 1.82) is 0 Å². The van der Waals surface area contributed by atoms with Crippen LogP contribution in [-0.4, -0.2) is 21.8 Å². The van der Waals surface area contributed by atoms with Crippen LogP contribution in [0, 0.1) is 0 Å². The fraction of sp³-hybridized carbons (Fsp3) is 0.286. The van der Waals surface area contributed by atoms with Gasteiger partial charge in [-0.05, 0) is 24.6 Å². The van der Waals surface area contributed by atoms with E-state index < -0.39 is 0 Å². The molecule has 1 N–H and O–H groups in total. The lowest BCUT2D eigenvalue weighted by molar-refractivity contribution is 0.561. The Morgan fingerprint density at radius 2 is 2.21 bits per heavy atom. The predicted octanol–water partition coefficient (Wildman–Crippen LogP) is 2.53. The van der Waals surface area contributed by atoms with Gasteiger partial charge in [-0.25, -0.2) is 4.98 Å². The third kappa shape index (κ3) is 2.39. The average molecular weight is 272 g/mol. The van der Waals surface area contributed by atoms with Crippen molar-refractivity contribution in [3.8, 4) is 0 Å². The van der Waals surface area contributed by atoms with Gasteiger partial charge in [-0.2, -0.15) is 5.10 Å². The number of thiophene rings is 1. The number of fused-ring (bicyclic) bond motifs is 1. The van der Waals surface area contributed by atoms with Crippen molar-refractivity contribution >= 4 is 21.4 Å². The number of nitrogens with one attached hydrogen (secondary N) is 1. The van der Waals surface area contributed by atoms with Gasteiger partial charge < -0.3 is 5.32 Å². The van der Waals surface area contributed by atoms with Gasteiger partial charge in [0.2, 0.25) is 0 Å². The van der Waals surface area contributed by atoms with Crippen LogP contribution >= 0.6 is 11.3 Å². The minimum atomic E-state index is 0.278. The van der Waals surface area contributed by atoms with Crippen LogP contribution in [0.2, 0.25) is 0 Å². The number of aromatic nitrogens is 3. The summed E-state index contributed by atoms with van der Waals surface area (Å²) in [6.07, 6.45) is 2.45. The summed E-state index contributed by atoms with van der Waals surface area (Å²) in [6.45, 7) is 0. The maximum Gasteiger partial charge on any atom is 0.138 e. The molecule has 2 aromatic heterocycles. The van der Waals surface area contributed by atoms with Crippen molar-refractivity contribution in [2.24, 2.45) is 7.05 Å². The Bertz CT molecular complexity index is 652. The van der Waals surface area contributed by atoms with Gasteiger partial charge in [-0.1, -0.05) is 18.2 Å². The van der Waals surface area contributed by atoms with E-state index in [1.165, 1.54) is 15.0 Å². The van der Waals surface area contributed by atoms with Crippen molar-refractivity contribution in [3.05, 3.63) is 47.4 Å². The minimum Gasteiger partial charge on any atom is -0.312 e. The summed E-state index contributed by atoms with van der Waals surface area (Å²) in [5, 5.41) is 8.80. The number of hydrogen-bond acceptors (Lipinski definition) is 4. The first-order chi connectivity index (χ1) is 9.28. The smallest absolute Gasteiger partial charge is 0.138 e. The summed E-state index contributed by atoms with van der Waals surface area (Å²) in [5.74, 6) is 0.997. The third-order valence-corrected chi connectivity index (χ3v) is 4.56. The van der Waals surface area contributed by atoms with Crippen LogP contribution in [0.3, 0.4) is 0 Å². The lowest BCUT2D eigenvalue weighted by atomic mass is 10.1. The summed E-state index contributed by atoms with van der Waals surface area (Å²) < 4.78 is 3.16. The van der Waals surface area contributed by atoms with E-state index in [0.717, 1.165) is 12.2 Å². The normalized spacial score (nSPS) is 12.9. The fourth-order valence-corrected chi connectivity index (χ4v) is 3.38. The van der Waals surface area contributed by atoms with Crippen LogP contribution in [0.1, 0.15) is 16.7 Å². The summed E-state index contributed by atoms with van der Waals surface area (Å²) in [7, 11) is 3.92. The Kier molecular flexibility index (Phi) is 3.31. The molecule has 0 radical (unpaired) electrons. The lowest BCUT2D eigenvalue weighted by Gasteiger charge is -2.13. The number of rotatable bonds is 4. The van der Waals surface area contributed by atoms with Crippen LogP contribution in [0.25, 0.3) is 10.1 Å². The number of likely N-dealkylation sites (N-methyl/N-ethyl adjacent to an activating group) is 1. The standard InChI is InChI=1S/C14H16N4S/c1-15-11(8-14-16-9-17-18(14)2)13-7-10-5-3-4-6-12(10)19-13/h3-7,9,11,15H,8H2,1-2H3. The number of nitrogens with zero attached hydrogens (tertiary/aromatic N) is 3. The van der Waals surface area contributed by atoms with E-state index in [0.29, 0.717) is 0 Å². The Balaban J connectivity index is 1.91. The second kappa shape index (κ2) is 5.11. The molecule has 0 fully saturated rings. The van der Waals surface area contributed by atoms with Crippen molar-refractivity contribution < 1.29 is 0 Å². The first-order valence-corrected chi connectivity index (χ1v) is 7.08. The van der Waals surface area contributed by atoms with E-state index in [1.807, 2.05) is 30.1 Å². The first-order valence-electron chi connectivity index (χ1n) is 6.26. The van der Waals surface area contributed by atoms with E-state index >= 15 is 0 Å².